The summed E-state index contributed by atoms with van der Waals surface area (Å²) in [6.45, 7) is 1.89. The Morgan fingerprint density at radius 2 is 2.33 bits per heavy atom. The van der Waals surface area contributed by atoms with E-state index in [2.05, 4.69) is 31.4 Å². The molecule has 1 unspecified atom stereocenters. The summed E-state index contributed by atoms with van der Waals surface area (Å²) in [5.41, 5.74) is 1.45. The molecule has 0 saturated carbocycles. The largest absolute Gasteiger partial charge is 0.345 e. The van der Waals surface area contributed by atoms with Gasteiger partial charge in [0.15, 0.2) is 0 Å². The van der Waals surface area contributed by atoms with Crippen molar-refractivity contribution in [2.75, 3.05) is 0 Å². The molecule has 0 spiro atoms. The van der Waals surface area contributed by atoms with Crippen molar-refractivity contribution < 1.29 is 4.79 Å². The number of aromatic amines is 1. The Labute approximate surface area is 118 Å². The maximum absolute atomic E-state index is 12.0. The van der Waals surface area contributed by atoms with Gasteiger partial charge in [0.05, 0.1) is 17.3 Å². The summed E-state index contributed by atoms with van der Waals surface area (Å²) in [5.74, 6) is -0.168. The average molecular weight is 329 g/mol. The average Bonchev–Trinajstić information content (AvgIpc) is 2.86. The standard InChI is InChI=1S/C12H11BrClN3O/c1-7(9-5-15-16-6-9)17-12(18)8-2-3-10(13)11(14)4-8/h2-7H,1H3,(H,15,16)(H,17,18). The number of carbonyl (C=O) groups is 1. The lowest BCUT2D eigenvalue weighted by atomic mass is 10.1. The Kier molecular flexibility index (Phi) is 4.04. The summed E-state index contributed by atoms with van der Waals surface area (Å²) < 4.78 is 0.767. The highest BCUT2D eigenvalue weighted by atomic mass is 79.9. The van der Waals surface area contributed by atoms with Gasteiger partial charge in [0.25, 0.3) is 5.91 Å². The van der Waals surface area contributed by atoms with Crippen molar-refractivity contribution >= 4 is 33.4 Å². The van der Waals surface area contributed by atoms with Crippen LogP contribution in [-0.2, 0) is 0 Å². The predicted molar refractivity (Wildman–Crippen MR) is 73.6 cm³/mol. The van der Waals surface area contributed by atoms with Gasteiger partial charge >= 0.3 is 0 Å². The molecule has 1 atom stereocenters. The highest BCUT2D eigenvalue weighted by Crippen LogP contribution is 2.23. The number of nitrogens with one attached hydrogen (secondary N) is 2. The number of H-pyrrole nitrogens is 1. The normalized spacial score (nSPS) is 12.2. The van der Waals surface area contributed by atoms with E-state index in [9.17, 15) is 4.79 Å². The molecule has 2 aromatic rings. The fourth-order valence-corrected chi connectivity index (χ4v) is 1.93. The highest BCUT2D eigenvalue weighted by molar-refractivity contribution is 9.10. The van der Waals surface area contributed by atoms with Gasteiger partial charge in [-0.3, -0.25) is 9.89 Å². The monoisotopic (exact) mass is 327 g/mol. The van der Waals surface area contributed by atoms with Gasteiger partial charge in [0.2, 0.25) is 0 Å². The van der Waals surface area contributed by atoms with Gasteiger partial charge in [-0.1, -0.05) is 11.6 Å². The van der Waals surface area contributed by atoms with E-state index in [0.717, 1.165) is 10.0 Å². The Hall–Kier alpha value is -1.33. The predicted octanol–water partition coefficient (Wildman–Crippen LogP) is 3.32. The summed E-state index contributed by atoms with van der Waals surface area (Å²) in [6.07, 6.45) is 3.43. The van der Waals surface area contributed by atoms with E-state index < -0.39 is 0 Å². The first-order valence-electron chi connectivity index (χ1n) is 5.32. The molecule has 6 heteroatoms. The van der Waals surface area contributed by atoms with Crippen LogP contribution in [0.15, 0.2) is 35.1 Å². The van der Waals surface area contributed by atoms with Crippen LogP contribution in [0.25, 0.3) is 0 Å². The summed E-state index contributed by atoms with van der Waals surface area (Å²) in [6, 6.07) is 4.98. The van der Waals surface area contributed by atoms with E-state index in [0.29, 0.717) is 10.6 Å². The minimum Gasteiger partial charge on any atom is -0.345 e. The van der Waals surface area contributed by atoms with Crippen LogP contribution in [0.2, 0.25) is 5.02 Å². The van der Waals surface area contributed by atoms with Gasteiger partial charge < -0.3 is 5.32 Å². The van der Waals surface area contributed by atoms with E-state index in [4.69, 9.17) is 11.6 Å². The van der Waals surface area contributed by atoms with Crippen LogP contribution in [0.5, 0.6) is 0 Å². The summed E-state index contributed by atoms with van der Waals surface area (Å²) in [7, 11) is 0. The number of carbonyl (C=O) groups excluding carboxylic acids is 1. The van der Waals surface area contributed by atoms with Gasteiger partial charge in [-0.2, -0.15) is 5.10 Å². The second-order valence-electron chi connectivity index (χ2n) is 3.86. The number of hydrogen-bond acceptors (Lipinski definition) is 2. The van der Waals surface area contributed by atoms with Crippen LogP contribution in [0.4, 0.5) is 0 Å². The third kappa shape index (κ3) is 2.91. The van der Waals surface area contributed by atoms with Gasteiger partial charge in [0.1, 0.15) is 0 Å². The SMILES string of the molecule is CC(NC(=O)c1ccc(Br)c(Cl)c1)c1cn[nH]c1. The summed E-state index contributed by atoms with van der Waals surface area (Å²) >= 11 is 9.24. The zero-order valence-corrected chi connectivity index (χ0v) is 11.9. The molecular formula is C12H11BrClN3O. The highest BCUT2D eigenvalue weighted by Gasteiger charge is 2.13. The maximum Gasteiger partial charge on any atom is 0.251 e. The van der Waals surface area contributed by atoms with Crippen molar-refractivity contribution in [3.8, 4) is 0 Å². The Bertz CT molecular complexity index is 556. The topological polar surface area (TPSA) is 57.8 Å². The van der Waals surface area contributed by atoms with E-state index >= 15 is 0 Å². The molecule has 4 nitrogen and oxygen atoms in total. The molecule has 0 bridgehead atoms. The first-order chi connectivity index (χ1) is 8.58. The quantitative estimate of drug-likeness (QED) is 0.908. The number of rotatable bonds is 3. The number of amides is 1. The van der Waals surface area contributed by atoms with Gasteiger partial charge in [-0.05, 0) is 41.1 Å². The van der Waals surface area contributed by atoms with Crippen LogP contribution in [0.3, 0.4) is 0 Å². The molecule has 1 aromatic heterocycles. The minimum absolute atomic E-state index is 0.112. The van der Waals surface area contributed by atoms with Gasteiger partial charge in [-0.25, -0.2) is 0 Å². The first-order valence-corrected chi connectivity index (χ1v) is 6.49. The molecule has 1 aromatic carbocycles. The molecule has 0 saturated heterocycles. The number of hydrogen-bond donors (Lipinski definition) is 2. The number of benzene rings is 1. The van der Waals surface area contributed by atoms with E-state index in [1.807, 2.05) is 6.92 Å². The van der Waals surface area contributed by atoms with Crippen LogP contribution in [0.1, 0.15) is 28.9 Å². The molecule has 1 amide bonds. The van der Waals surface area contributed by atoms with Crippen molar-refractivity contribution in [3.05, 3.63) is 51.2 Å². The number of nitrogens with zero attached hydrogens (tertiary/aromatic N) is 1. The molecule has 0 radical (unpaired) electrons. The zero-order chi connectivity index (χ0) is 13.1. The third-order valence-electron chi connectivity index (χ3n) is 2.55. The molecule has 0 fully saturated rings. The first kappa shape index (κ1) is 13.1. The summed E-state index contributed by atoms with van der Waals surface area (Å²) in [5, 5.41) is 9.94. The van der Waals surface area contributed by atoms with Crippen LogP contribution < -0.4 is 5.32 Å². The molecule has 2 N–H and O–H groups in total. The molecule has 0 aliphatic carbocycles. The minimum atomic E-state index is -0.168. The van der Waals surface area contributed by atoms with Gasteiger partial charge in [-0.15, -0.1) is 0 Å². The molecule has 18 heavy (non-hydrogen) atoms. The van der Waals surface area contributed by atoms with E-state index in [-0.39, 0.29) is 11.9 Å². The molecule has 0 aliphatic rings. The fraction of sp³-hybridized carbons (Fsp3) is 0.167. The lowest BCUT2D eigenvalue weighted by molar-refractivity contribution is 0.0940. The molecule has 94 valence electrons. The molecular weight excluding hydrogens is 318 g/mol. The molecule has 1 heterocycles. The smallest absolute Gasteiger partial charge is 0.251 e. The van der Waals surface area contributed by atoms with Crippen LogP contribution in [0, 0.1) is 0 Å². The maximum atomic E-state index is 12.0. The Morgan fingerprint density at radius 1 is 1.56 bits per heavy atom. The van der Waals surface area contributed by atoms with Crippen LogP contribution in [-0.4, -0.2) is 16.1 Å². The Morgan fingerprint density at radius 3 is 2.94 bits per heavy atom. The van der Waals surface area contributed by atoms with Gasteiger partial charge in [0, 0.05) is 21.8 Å². The van der Waals surface area contributed by atoms with E-state index in [1.165, 1.54) is 0 Å². The Balaban J connectivity index is 2.10. The number of halogens is 2. The third-order valence-corrected chi connectivity index (χ3v) is 3.78. The lowest BCUT2D eigenvalue weighted by Gasteiger charge is -2.12. The fourth-order valence-electron chi connectivity index (χ4n) is 1.50. The van der Waals surface area contributed by atoms with Crippen molar-refractivity contribution in [2.45, 2.75) is 13.0 Å². The summed E-state index contributed by atoms with van der Waals surface area (Å²) in [4.78, 5) is 12.0. The molecule has 2 rings (SSSR count). The van der Waals surface area contributed by atoms with Crippen LogP contribution >= 0.6 is 27.5 Å². The van der Waals surface area contributed by atoms with E-state index in [1.54, 1.807) is 30.6 Å². The lowest BCUT2D eigenvalue weighted by Crippen LogP contribution is -2.26. The zero-order valence-electron chi connectivity index (χ0n) is 9.58. The molecule has 0 aliphatic heterocycles. The van der Waals surface area contributed by atoms with Crippen molar-refractivity contribution in [1.29, 1.82) is 0 Å². The second kappa shape index (κ2) is 5.54. The van der Waals surface area contributed by atoms with Crippen molar-refractivity contribution in [1.82, 2.24) is 15.5 Å². The van der Waals surface area contributed by atoms with Crippen molar-refractivity contribution in [3.63, 3.8) is 0 Å². The second-order valence-corrected chi connectivity index (χ2v) is 5.12. The van der Waals surface area contributed by atoms with Crippen molar-refractivity contribution in [2.24, 2.45) is 0 Å². The number of aromatic nitrogens is 2.